The zero-order valence-corrected chi connectivity index (χ0v) is 18.9. The number of hydrogen-bond acceptors (Lipinski definition) is 2. The first-order chi connectivity index (χ1) is 10.5. The van der Waals surface area contributed by atoms with Crippen LogP contribution in [-0.4, -0.2) is 36.7 Å². The van der Waals surface area contributed by atoms with Crippen molar-refractivity contribution in [2.75, 3.05) is 13.1 Å². The third kappa shape index (κ3) is 6.02. The van der Waals surface area contributed by atoms with Gasteiger partial charge in [0.25, 0.3) is 0 Å². The third-order valence-electron chi connectivity index (χ3n) is 3.80. The van der Waals surface area contributed by atoms with E-state index in [9.17, 15) is 17.7 Å². The van der Waals surface area contributed by atoms with Crippen LogP contribution in [0.2, 0.25) is 5.82 Å². The Morgan fingerprint density at radius 3 is 2.21 bits per heavy atom. The van der Waals surface area contributed by atoms with Crippen molar-refractivity contribution < 1.29 is 73.9 Å². The molecule has 1 fully saturated rings. The fraction of sp³-hybridized carbons (Fsp3) is 0.533. The molecule has 0 saturated carbocycles. The number of rotatable bonds is 2. The molecule has 3 nitrogen and oxygen atoms in total. The molecule has 0 bridgehead atoms. The monoisotopic (exact) mass is 431 g/mol. The predicted octanol–water partition coefficient (Wildman–Crippen LogP) is 2.00. The molecule has 2 rings (SSSR count). The van der Waals surface area contributed by atoms with E-state index in [1.807, 2.05) is 0 Å². The van der Waals surface area contributed by atoms with Crippen molar-refractivity contribution >= 4 is 29.0 Å². The number of carbonyl (C=O) groups excluding carboxylic acids is 1. The van der Waals surface area contributed by atoms with Crippen molar-refractivity contribution in [2.45, 2.75) is 38.1 Å². The zero-order chi connectivity index (χ0) is 17.4. The Morgan fingerprint density at radius 2 is 1.75 bits per heavy atom. The van der Waals surface area contributed by atoms with Crippen LogP contribution in [0.15, 0.2) is 28.7 Å². The first kappa shape index (κ1) is 22.5. The largest absolute Gasteiger partial charge is 1.00 e. The summed E-state index contributed by atoms with van der Waals surface area (Å²) < 4.78 is 46.3. The number of carbonyl (C=O) groups is 1. The summed E-state index contributed by atoms with van der Waals surface area (Å²) in [7, 11) is 0. The van der Waals surface area contributed by atoms with Gasteiger partial charge in [-0.15, -0.1) is 0 Å². The average Bonchev–Trinajstić information content (AvgIpc) is 2.82. The van der Waals surface area contributed by atoms with Crippen LogP contribution >= 0.6 is 15.9 Å². The summed E-state index contributed by atoms with van der Waals surface area (Å²) in [5.74, 6) is -2.28. The van der Waals surface area contributed by atoms with Gasteiger partial charge in [0, 0.05) is 17.6 Å². The van der Waals surface area contributed by atoms with E-state index >= 15 is 0 Å². The first-order valence-electron chi connectivity index (χ1n) is 7.41. The second-order valence-electron chi connectivity index (χ2n) is 6.83. The van der Waals surface area contributed by atoms with Crippen LogP contribution in [0.4, 0.5) is 17.7 Å². The second-order valence-corrected chi connectivity index (χ2v) is 7.75. The molecule has 1 saturated heterocycles. The van der Waals surface area contributed by atoms with Crippen LogP contribution in [0, 0.1) is 0 Å². The summed E-state index contributed by atoms with van der Waals surface area (Å²) in [6, 6.07) is 6.77. The fourth-order valence-corrected chi connectivity index (χ4v) is 3.01. The van der Waals surface area contributed by atoms with Gasteiger partial charge in [-0.2, -0.15) is 0 Å². The SMILES string of the molecule is CC(C)(C)OC(=O)N1CC(c2ccc(Br)cc2)C([B-](F)(F)F)C1.[K+]. The van der Waals surface area contributed by atoms with Gasteiger partial charge in [-0.25, -0.2) is 4.79 Å². The van der Waals surface area contributed by atoms with Crippen molar-refractivity contribution in [3.63, 3.8) is 0 Å². The number of hydrogen-bond donors (Lipinski definition) is 0. The minimum Gasteiger partial charge on any atom is -0.449 e. The topological polar surface area (TPSA) is 29.5 Å². The Hall–Kier alpha value is 0.461. The van der Waals surface area contributed by atoms with Gasteiger partial charge in [0.05, 0.1) is 0 Å². The van der Waals surface area contributed by atoms with Crippen molar-refractivity contribution in [1.29, 1.82) is 0 Å². The van der Waals surface area contributed by atoms with E-state index in [0.29, 0.717) is 5.56 Å². The van der Waals surface area contributed by atoms with Crippen molar-refractivity contribution in [3.8, 4) is 0 Å². The number of likely N-dealkylation sites (tertiary alicyclic amines) is 1. The summed E-state index contributed by atoms with van der Waals surface area (Å²) in [6.45, 7) is -0.306. The van der Waals surface area contributed by atoms with Crippen molar-refractivity contribution in [2.24, 2.45) is 0 Å². The Morgan fingerprint density at radius 1 is 1.21 bits per heavy atom. The summed E-state index contributed by atoms with van der Waals surface area (Å²) >= 11 is 3.27. The molecule has 128 valence electrons. The molecule has 0 aliphatic carbocycles. The Bertz CT molecular complexity index is 578. The molecule has 2 atom stereocenters. The minimum absolute atomic E-state index is 0. The predicted molar refractivity (Wildman–Crippen MR) is 87.5 cm³/mol. The van der Waals surface area contributed by atoms with Gasteiger partial charge in [0.2, 0.25) is 0 Å². The van der Waals surface area contributed by atoms with Crippen LogP contribution < -0.4 is 51.4 Å². The van der Waals surface area contributed by atoms with Gasteiger partial charge >= 0.3 is 64.5 Å². The van der Waals surface area contributed by atoms with E-state index in [1.54, 1.807) is 45.0 Å². The normalized spacial score (nSPS) is 21.4. The molecule has 1 aromatic rings. The number of amides is 1. The number of halogens is 4. The van der Waals surface area contributed by atoms with Gasteiger partial charge < -0.3 is 22.6 Å². The molecule has 0 spiro atoms. The molecular weight excluding hydrogens is 413 g/mol. The molecule has 0 radical (unpaired) electrons. The molecule has 0 aromatic heterocycles. The summed E-state index contributed by atoms with van der Waals surface area (Å²) in [5.41, 5.74) is -0.144. The average molecular weight is 432 g/mol. The maximum atomic E-state index is 13.4. The maximum Gasteiger partial charge on any atom is 1.00 e. The van der Waals surface area contributed by atoms with Crippen molar-refractivity contribution in [1.82, 2.24) is 4.90 Å². The van der Waals surface area contributed by atoms with Crippen LogP contribution in [0.1, 0.15) is 32.3 Å². The van der Waals surface area contributed by atoms with Gasteiger partial charge in [-0.05, 0) is 50.2 Å². The molecule has 9 heteroatoms. The molecule has 2 unspecified atom stereocenters. The molecule has 1 amide bonds. The van der Waals surface area contributed by atoms with Gasteiger partial charge in [-0.1, -0.05) is 28.1 Å². The number of ether oxygens (including phenoxy) is 1. The van der Waals surface area contributed by atoms with E-state index < -0.39 is 30.4 Å². The van der Waals surface area contributed by atoms with Crippen molar-refractivity contribution in [3.05, 3.63) is 34.3 Å². The van der Waals surface area contributed by atoms with Crippen LogP contribution in [0.25, 0.3) is 0 Å². The van der Waals surface area contributed by atoms with E-state index in [1.165, 1.54) is 0 Å². The van der Waals surface area contributed by atoms with E-state index in [2.05, 4.69) is 15.9 Å². The zero-order valence-electron chi connectivity index (χ0n) is 14.2. The van der Waals surface area contributed by atoms with E-state index in [0.717, 1.165) is 9.37 Å². The first-order valence-corrected chi connectivity index (χ1v) is 8.20. The molecule has 1 aromatic carbocycles. The molecule has 1 aliphatic rings. The Kier molecular flexibility index (Phi) is 7.91. The molecule has 1 heterocycles. The van der Waals surface area contributed by atoms with Crippen LogP contribution in [0.5, 0.6) is 0 Å². The van der Waals surface area contributed by atoms with E-state index in [4.69, 9.17) is 4.74 Å². The third-order valence-corrected chi connectivity index (χ3v) is 4.33. The smallest absolute Gasteiger partial charge is 0.449 e. The maximum absolute atomic E-state index is 13.4. The van der Waals surface area contributed by atoms with Gasteiger partial charge in [0.1, 0.15) is 5.60 Å². The minimum atomic E-state index is -5.05. The van der Waals surface area contributed by atoms with E-state index in [-0.39, 0.29) is 64.5 Å². The summed E-state index contributed by atoms with van der Waals surface area (Å²) in [5, 5.41) is 0. The molecule has 1 aliphatic heterocycles. The quantitative estimate of drug-likeness (QED) is 0.670. The van der Waals surface area contributed by atoms with Gasteiger partial charge in [0.15, 0.2) is 0 Å². The standard InChI is InChI=1S/C15H19BBrF3NO2.K/c1-15(2,3)23-14(22)21-8-12(13(9-21)16(18,19)20)10-4-6-11(17)7-5-10;/h4-7,12-13H,8-9H2,1-3H3;/q-1;+1. The number of nitrogens with zero attached hydrogens (tertiary/aromatic N) is 1. The molecule has 24 heavy (non-hydrogen) atoms. The molecular formula is C15H19BBrF3KNO2. The molecule has 0 N–H and O–H groups in total. The van der Waals surface area contributed by atoms with Crippen LogP contribution in [0.3, 0.4) is 0 Å². The van der Waals surface area contributed by atoms with Gasteiger partial charge in [-0.3, -0.25) is 0 Å². The summed E-state index contributed by atoms with van der Waals surface area (Å²) in [6.07, 6.45) is -0.692. The Balaban J connectivity index is 0.00000288. The number of benzene rings is 1. The van der Waals surface area contributed by atoms with Crippen LogP contribution in [-0.2, 0) is 4.74 Å². The fourth-order valence-electron chi connectivity index (χ4n) is 2.75. The second kappa shape index (κ2) is 8.43. The Labute approximate surface area is 191 Å². The summed E-state index contributed by atoms with van der Waals surface area (Å²) in [4.78, 5) is 13.3.